The molecule has 0 aliphatic rings. The summed E-state index contributed by atoms with van der Waals surface area (Å²) in [4.78, 5) is 8.24. The molecule has 0 N–H and O–H groups in total. The number of benzene rings is 3. The van der Waals surface area contributed by atoms with Crippen LogP contribution in [0.1, 0.15) is 22.3 Å². The third-order valence-corrected chi connectivity index (χ3v) is 4.86. The quantitative estimate of drug-likeness (QED) is 0.259. The average molecular weight is 380 g/mol. The van der Waals surface area contributed by atoms with Crippen molar-refractivity contribution in [2.24, 2.45) is 0 Å². The molecule has 0 aliphatic heterocycles. The minimum absolute atomic E-state index is 0.906. The van der Waals surface area contributed by atoms with Crippen LogP contribution in [0, 0.1) is 23.7 Å². The Balaban J connectivity index is 1.59. The Bertz CT molecular complexity index is 1360. The van der Waals surface area contributed by atoms with E-state index < -0.39 is 0 Å². The number of hydrogen-bond donors (Lipinski definition) is 0. The maximum atomic E-state index is 4.12. The van der Waals surface area contributed by atoms with Gasteiger partial charge in [-0.1, -0.05) is 47.9 Å². The van der Waals surface area contributed by atoms with Gasteiger partial charge in [-0.3, -0.25) is 9.97 Å². The van der Waals surface area contributed by atoms with Gasteiger partial charge in [0.2, 0.25) is 0 Å². The molecule has 138 valence electrons. The monoisotopic (exact) mass is 380 g/mol. The first-order chi connectivity index (χ1) is 14.8. The summed E-state index contributed by atoms with van der Waals surface area (Å²) in [5, 5.41) is 4.73. The van der Waals surface area contributed by atoms with Crippen molar-refractivity contribution in [2.75, 3.05) is 0 Å². The van der Waals surface area contributed by atoms with E-state index in [0.29, 0.717) is 0 Å². The molecule has 0 saturated heterocycles. The van der Waals surface area contributed by atoms with Crippen LogP contribution in [0.15, 0.2) is 97.6 Å². The zero-order valence-electron chi connectivity index (χ0n) is 16.1. The van der Waals surface area contributed by atoms with E-state index in [1.165, 1.54) is 21.5 Å². The standard InChI is InChI=1S/C28H16N2/c1-3-23(19-29-15-1)7-5-21-9-11-25-13-14-26-12-10-22(18-28(26)27(25)17-21)6-8-24-4-2-16-30-20-24/h1-4,9-20H. The molecule has 3 aromatic carbocycles. The van der Waals surface area contributed by atoms with Gasteiger partial charge in [0.25, 0.3) is 0 Å². The fourth-order valence-corrected chi connectivity index (χ4v) is 3.37. The van der Waals surface area contributed by atoms with Gasteiger partial charge in [-0.15, -0.1) is 0 Å². The molecule has 30 heavy (non-hydrogen) atoms. The first-order valence-corrected chi connectivity index (χ1v) is 9.66. The van der Waals surface area contributed by atoms with Gasteiger partial charge in [-0.2, -0.15) is 0 Å². The molecule has 2 heteroatoms. The Labute approximate surface area is 175 Å². The summed E-state index contributed by atoms with van der Waals surface area (Å²) in [6.45, 7) is 0. The summed E-state index contributed by atoms with van der Waals surface area (Å²) in [6.07, 6.45) is 7.05. The molecule has 0 fully saturated rings. The molecule has 0 radical (unpaired) electrons. The number of nitrogens with zero attached hydrogens (tertiary/aromatic N) is 2. The van der Waals surface area contributed by atoms with Crippen molar-refractivity contribution in [2.45, 2.75) is 0 Å². The molecule has 2 nitrogen and oxygen atoms in total. The van der Waals surface area contributed by atoms with Crippen LogP contribution in [0.5, 0.6) is 0 Å². The SMILES string of the molecule is C(#Cc1ccc2ccc3ccc(C#Cc4cccnc4)cc3c2c1)c1cccnc1. The van der Waals surface area contributed by atoms with Gasteiger partial charge in [-0.05, 0) is 70.1 Å². The first kappa shape index (κ1) is 17.7. The lowest BCUT2D eigenvalue weighted by Crippen LogP contribution is -1.83. The van der Waals surface area contributed by atoms with Gasteiger partial charge < -0.3 is 0 Å². The number of hydrogen-bond acceptors (Lipinski definition) is 2. The van der Waals surface area contributed by atoms with E-state index in [2.05, 4.69) is 82.2 Å². The van der Waals surface area contributed by atoms with E-state index >= 15 is 0 Å². The number of pyridine rings is 2. The minimum atomic E-state index is 0.906. The smallest absolute Gasteiger partial charge is 0.0432 e. The van der Waals surface area contributed by atoms with Crippen molar-refractivity contribution in [3.8, 4) is 23.7 Å². The lowest BCUT2D eigenvalue weighted by atomic mass is 9.98. The maximum absolute atomic E-state index is 4.12. The molecule has 0 spiro atoms. The Hall–Kier alpha value is -4.40. The summed E-state index contributed by atoms with van der Waals surface area (Å²) in [5.74, 6) is 12.9. The van der Waals surface area contributed by atoms with E-state index in [-0.39, 0.29) is 0 Å². The maximum Gasteiger partial charge on any atom is 0.0432 e. The molecule has 0 amide bonds. The Kier molecular flexibility index (Phi) is 4.67. The molecule has 2 heterocycles. The summed E-state index contributed by atoms with van der Waals surface area (Å²) in [5.41, 5.74) is 3.77. The van der Waals surface area contributed by atoms with Crippen molar-refractivity contribution in [1.82, 2.24) is 9.97 Å². The lowest BCUT2D eigenvalue weighted by molar-refractivity contribution is 1.31. The van der Waals surface area contributed by atoms with E-state index in [4.69, 9.17) is 0 Å². The second-order valence-corrected chi connectivity index (χ2v) is 6.92. The van der Waals surface area contributed by atoms with Crippen LogP contribution in [-0.2, 0) is 0 Å². The van der Waals surface area contributed by atoms with Crippen molar-refractivity contribution < 1.29 is 0 Å². The zero-order chi connectivity index (χ0) is 20.2. The zero-order valence-corrected chi connectivity index (χ0v) is 16.1. The summed E-state index contributed by atoms with van der Waals surface area (Å²) in [6, 6.07) is 24.7. The molecule has 5 aromatic rings. The molecule has 0 aliphatic carbocycles. The third-order valence-electron chi connectivity index (χ3n) is 4.86. The van der Waals surface area contributed by atoms with Gasteiger partial charge in [0, 0.05) is 47.0 Å². The summed E-state index contributed by atoms with van der Waals surface area (Å²) in [7, 11) is 0. The van der Waals surface area contributed by atoms with Crippen LogP contribution in [0.2, 0.25) is 0 Å². The second-order valence-electron chi connectivity index (χ2n) is 6.92. The molecule has 5 rings (SSSR count). The summed E-state index contributed by atoms with van der Waals surface area (Å²) >= 11 is 0. The number of rotatable bonds is 0. The highest BCUT2D eigenvalue weighted by Crippen LogP contribution is 2.27. The predicted molar refractivity (Wildman–Crippen MR) is 122 cm³/mol. The van der Waals surface area contributed by atoms with Gasteiger partial charge in [0.05, 0.1) is 0 Å². The normalized spacial score (nSPS) is 10.1. The van der Waals surface area contributed by atoms with Crippen LogP contribution in [0.4, 0.5) is 0 Å². The van der Waals surface area contributed by atoms with Gasteiger partial charge in [0.15, 0.2) is 0 Å². The molecular weight excluding hydrogens is 364 g/mol. The highest BCUT2D eigenvalue weighted by molar-refractivity contribution is 6.08. The topological polar surface area (TPSA) is 25.8 Å². The van der Waals surface area contributed by atoms with E-state index in [0.717, 1.165) is 22.3 Å². The van der Waals surface area contributed by atoms with Crippen molar-refractivity contribution >= 4 is 21.5 Å². The summed E-state index contributed by atoms with van der Waals surface area (Å²) < 4.78 is 0. The Morgan fingerprint density at radius 1 is 0.467 bits per heavy atom. The minimum Gasteiger partial charge on any atom is -0.263 e. The van der Waals surface area contributed by atoms with Gasteiger partial charge >= 0.3 is 0 Å². The highest BCUT2D eigenvalue weighted by Gasteiger charge is 2.03. The van der Waals surface area contributed by atoms with Crippen molar-refractivity contribution in [3.63, 3.8) is 0 Å². The molecule has 0 bridgehead atoms. The van der Waals surface area contributed by atoms with E-state index in [9.17, 15) is 0 Å². The van der Waals surface area contributed by atoms with Crippen molar-refractivity contribution in [3.05, 3.63) is 120 Å². The van der Waals surface area contributed by atoms with E-state index in [1.807, 2.05) is 24.3 Å². The van der Waals surface area contributed by atoms with Crippen molar-refractivity contribution in [1.29, 1.82) is 0 Å². The van der Waals surface area contributed by atoms with Crippen LogP contribution in [0.25, 0.3) is 21.5 Å². The van der Waals surface area contributed by atoms with Crippen LogP contribution >= 0.6 is 0 Å². The third kappa shape index (κ3) is 3.76. The number of aromatic nitrogens is 2. The average Bonchev–Trinajstić information content (AvgIpc) is 2.82. The molecular formula is C28H16N2. The first-order valence-electron chi connectivity index (χ1n) is 9.66. The van der Waals surface area contributed by atoms with Crippen LogP contribution in [-0.4, -0.2) is 9.97 Å². The predicted octanol–water partition coefficient (Wildman–Crippen LogP) is 5.58. The van der Waals surface area contributed by atoms with Gasteiger partial charge in [-0.25, -0.2) is 0 Å². The molecule has 2 aromatic heterocycles. The van der Waals surface area contributed by atoms with Crippen LogP contribution in [0.3, 0.4) is 0 Å². The van der Waals surface area contributed by atoms with Crippen LogP contribution < -0.4 is 0 Å². The molecule has 0 saturated carbocycles. The largest absolute Gasteiger partial charge is 0.263 e. The Morgan fingerprint density at radius 3 is 1.33 bits per heavy atom. The fraction of sp³-hybridized carbons (Fsp3) is 0. The fourth-order valence-electron chi connectivity index (χ4n) is 3.37. The molecule has 0 unspecified atom stereocenters. The number of fused-ring (bicyclic) bond motifs is 3. The highest BCUT2D eigenvalue weighted by atomic mass is 14.6. The second kappa shape index (κ2) is 7.92. The van der Waals surface area contributed by atoms with E-state index in [1.54, 1.807) is 24.8 Å². The Morgan fingerprint density at radius 2 is 0.900 bits per heavy atom. The van der Waals surface area contributed by atoms with Gasteiger partial charge in [0.1, 0.15) is 0 Å². The lowest BCUT2D eigenvalue weighted by Gasteiger charge is -2.05. The molecule has 0 atom stereocenters.